The molecular formula is C9H13NO2. The Kier molecular flexibility index (Phi) is 2.22. The van der Waals surface area contributed by atoms with Gasteiger partial charge in [-0.1, -0.05) is 19.9 Å². The smallest absolute Gasteiger partial charge is 0.285 e. The van der Waals surface area contributed by atoms with Crippen molar-refractivity contribution in [2.75, 3.05) is 0 Å². The van der Waals surface area contributed by atoms with Crippen molar-refractivity contribution in [3.8, 4) is 0 Å². The van der Waals surface area contributed by atoms with Gasteiger partial charge in [0.1, 0.15) is 0 Å². The van der Waals surface area contributed by atoms with Gasteiger partial charge in [0.2, 0.25) is 0 Å². The first-order chi connectivity index (χ1) is 5.54. The number of rotatable bonds is 1. The van der Waals surface area contributed by atoms with Crippen LogP contribution in [-0.4, -0.2) is 9.94 Å². The topological polar surface area (TPSA) is 42.2 Å². The second-order valence-electron chi connectivity index (χ2n) is 3.21. The summed E-state index contributed by atoms with van der Waals surface area (Å²) in [5.74, 6) is 0.156. The lowest BCUT2D eigenvalue weighted by molar-refractivity contribution is 0.161. The third kappa shape index (κ3) is 1.35. The minimum Gasteiger partial charge on any atom is -0.425 e. The number of nitrogens with zero attached hydrogens (tertiary/aromatic N) is 1. The van der Waals surface area contributed by atoms with Gasteiger partial charge in [-0.3, -0.25) is 4.79 Å². The van der Waals surface area contributed by atoms with Crippen LogP contribution in [0.4, 0.5) is 0 Å². The van der Waals surface area contributed by atoms with Crippen LogP contribution < -0.4 is 5.56 Å². The Morgan fingerprint density at radius 3 is 2.50 bits per heavy atom. The molecule has 0 aromatic carbocycles. The lowest BCUT2D eigenvalue weighted by Gasteiger charge is -2.09. The molecule has 0 atom stereocenters. The fourth-order valence-corrected chi connectivity index (χ4v) is 1.07. The van der Waals surface area contributed by atoms with Crippen molar-refractivity contribution in [2.24, 2.45) is 0 Å². The molecule has 0 saturated heterocycles. The largest absolute Gasteiger partial charge is 0.425 e. The second-order valence-corrected chi connectivity index (χ2v) is 3.21. The summed E-state index contributed by atoms with van der Waals surface area (Å²) in [6.45, 7) is 5.53. The molecule has 3 nitrogen and oxygen atoms in total. The molecule has 1 aromatic heterocycles. The molecule has 0 aliphatic rings. The lowest BCUT2D eigenvalue weighted by atomic mass is 10.1. The summed E-state index contributed by atoms with van der Waals surface area (Å²) in [5, 5.41) is 9.35. The maximum Gasteiger partial charge on any atom is 0.285 e. The lowest BCUT2D eigenvalue weighted by Crippen LogP contribution is -2.23. The van der Waals surface area contributed by atoms with E-state index in [0.29, 0.717) is 11.3 Å². The van der Waals surface area contributed by atoms with E-state index in [-0.39, 0.29) is 11.5 Å². The van der Waals surface area contributed by atoms with E-state index in [2.05, 4.69) is 0 Å². The standard InChI is InChI=1S/C9H13NO2/c1-6(2)8-5-4-7(3)9(11)10(8)12/h4-6,12H,1-3H3. The highest BCUT2D eigenvalue weighted by molar-refractivity contribution is 5.15. The molecule has 66 valence electrons. The highest BCUT2D eigenvalue weighted by Crippen LogP contribution is 2.10. The Morgan fingerprint density at radius 2 is 2.00 bits per heavy atom. The predicted octanol–water partition coefficient (Wildman–Crippen LogP) is 1.52. The summed E-state index contributed by atoms with van der Waals surface area (Å²) in [7, 11) is 0. The van der Waals surface area contributed by atoms with Crippen LogP contribution in [-0.2, 0) is 0 Å². The van der Waals surface area contributed by atoms with E-state index in [0.717, 1.165) is 4.73 Å². The number of hydrogen-bond acceptors (Lipinski definition) is 2. The minimum atomic E-state index is -0.332. The van der Waals surface area contributed by atoms with E-state index in [1.807, 2.05) is 13.8 Å². The van der Waals surface area contributed by atoms with Crippen LogP contribution in [0, 0.1) is 6.92 Å². The van der Waals surface area contributed by atoms with Crippen LogP contribution in [0.25, 0.3) is 0 Å². The number of aryl methyl sites for hydroxylation is 1. The quantitative estimate of drug-likeness (QED) is 0.644. The van der Waals surface area contributed by atoms with E-state index in [9.17, 15) is 10.0 Å². The SMILES string of the molecule is Cc1ccc(C(C)C)n(O)c1=O. The normalized spacial score (nSPS) is 10.7. The zero-order valence-electron chi connectivity index (χ0n) is 7.53. The van der Waals surface area contributed by atoms with Crippen LogP contribution in [0.3, 0.4) is 0 Å². The van der Waals surface area contributed by atoms with E-state index in [4.69, 9.17) is 0 Å². The summed E-state index contributed by atoms with van der Waals surface area (Å²) in [6, 6.07) is 3.49. The number of aromatic nitrogens is 1. The van der Waals surface area contributed by atoms with E-state index in [1.165, 1.54) is 0 Å². The molecular weight excluding hydrogens is 154 g/mol. The van der Waals surface area contributed by atoms with Gasteiger partial charge in [-0.2, -0.15) is 4.73 Å². The molecule has 0 aliphatic carbocycles. The zero-order valence-corrected chi connectivity index (χ0v) is 7.53. The first-order valence-corrected chi connectivity index (χ1v) is 3.96. The summed E-state index contributed by atoms with van der Waals surface area (Å²) in [6.07, 6.45) is 0. The highest BCUT2D eigenvalue weighted by atomic mass is 16.5. The van der Waals surface area contributed by atoms with Crippen LogP contribution in [0.15, 0.2) is 16.9 Å². The molecule has 1 aromatic rings. The first-order valence-electron chi connectivity index (χ1n) is 3.96. The molecule has 3 heteroatoms. The van der Waals surface area contributed by atoms with Gasteiger partial charge < -0.3 is 5.21 Å². The van der Waals surface area contributed by atoms with Crippen molar-refractivity contribution in [3.05, 3.63) is 33.7 Å². The summed E-state index contributed by atoms with van der Waals surface area (Å²) < 4.78 is 0.722. The van der Waals surface area contributed by atoms with E-state index < -0.39 is 0 Å². The van der Waals surface area contributed by atoms with Crippen LogP contribution >= 0.6 is 0 Å². The number of hydrogen-bond donors (Lipinski definition) is 1. The van der Waals surface area contributed by atoms with Gasteiger partial charge in [0.05, 0.1) is 5.69 Å². The minimum absolute atomic E-state index is 0.156. The summed E-state index contributed by atoms with van der Waals surface area (Å²) in [4.78, 5) is 11.2. The molecule has 0 amide bonds. The van der Waals surface area contributed by atoms with Crippen molar-refractivity contribution in [2.45, 2.75) is 26.7 Å². The van der Waals surface area contributed by atoms with E-state index >= 15 is 0 Å². The van der Waals surface area contributed by atoms with Crippen molar-refractivity contribution < 1.29 is 5.21 Å². The fraction of sp³-hybridized carbons (Fsp3) is 0.444. The van der Waals surface area contributed by atoms with Crippen molar-refractivity contribution in [1.82, 2.24) is 4.73 Å². The zero-order chi connectivity index (χ0) is 9.30. The third-order valence-corrected chi connectivity index (χ3v) is 1.87. The van der Waals surface area contributed by atoms with Gasteiger partial charge in [0.25, 0.3) is 5.56 Å². The molecule has 0 aliphatic heterocycles. The van der Waals surface area contributed by atoms with Gasteiger partial charge in [-0.25, -0.2) is 0 Å². The molecule has 1 heterocycles. The summed E-state index contributed by atoms with van der Waals surface area (Å²) in [5.41, 5.74) is 0.869. The van der Waals surface area contributed by atoms with Crippen molar-refractivity contribution >= 4 is 0 Å². The van der Waals surface area contributed by atoms with Crippen LogP contribution in [0.1, 0.15) is 31.0 Å². The Labute approximate surface area is 71.2 Å². The molecule has 0 saturated carbocycles. The fourth-order valence-electron chi connectivity index (χ4n) is 1.07. The molecule has 0 bridgehead atoms. The third-order valence-electron chi connectivity index (χ3n) is 1.87. The molecule has 1 rings (SSSR count). The maximum atomic E-state index is 11.2. The number of pyridine rings is 1. The predicted molar refractivity (Wildman–Crippen MR) is 46.7 cm³/mol. The average Bonchev–Trinajstić information content (AvgIpc) is 2.00. The molecule has 0 radical (unpaired) electrons. The van der Waals surface area contributed by atoms with Gasteiger partial charge >= 0.3 is 0 Å². The van der Waals surface area contributed by atoms with Crippen molar-refractivity contribution in [1.29, 1.82) is 0 Å². The van der Waals surface area contributed by atoms with Gasteiger partial charge in [0.15, 0.2) is 0 Å². The average molecular weight is 167 g/mol. The Bertz CT molecular complexity index is 339. The van der Waals surface area contributed by atoms with Gasteiger partial charge in [-0.05, 0) is 18.9 Å². The highest BCUT2D eigenvalue weighted by Gasteiger charge is 2.07. The summed E-state index contributed by atoms with van der Waals surface area (Å²) >= 11 is 0. The van der Waals surface area contributed by atoms with Crippen LogP contribution in [0.5, 0.6) is 0 Å². The molecule has 12 heavy (non-hydrogen) atoms. The Balaban J connectivity index is 3.37. The molecule has 0 spiro atoms. The maximum absolute atomic E-state index is 11.2. The van der Waals surface area contributed by atoms with Crippen molar-refractivity contribution in [3.63, 3.8) is 0 Å². The van der Waals surface area contributed by atoms with E-state index in [1.54, 1.807) is 19.1 Å². The molecule has 0 fully saturated rings. The molecule has 1 N–H and O–H groups in total. The van der Waals surface area contributed by atoms with Crippen LogP contribution in [0.2, 0.25) is 0 Å². The Hall–Kier alpha value is -1.25. The Morgan fingerprint density at radius 1 is 1.42 bits per heavy atom. The van der Waals surface area contributed by atoms with Gasteiger partial charge in [-0.15, -0.1) is 0 Å². The monoisotopic (exact) mass is 167 g/mol. The van der Waals surface area contributed by atoms with Gasteiger partial charge in [0, 0.05) is 5.56 Å². The second kappa shape index (κ2) is 3.01. The first kappa shape index (κ1) is 8.84. The molecule has 0 unspecified atom stereocenters.